The summed E-state index contributed by atoms with van der Waals surface area (Å²) in [5.74, 6) is 1.69. The Balaban J connectivity index is 1.68. The molecular weight excluding hydrogens is 645 g/mol. The van der Waals surface area contributed by atoms with Crippen LogP contribution in [0.3, 0.4) is 0 Å². The van der Waals surface area contributed by atoms with Crippen molar-refractivity contribution in [3.05, 3.63) is 0 Å². The van der Waals surface area contributed by atoms with E-state index >= 15 is 0 Å². The van der Waals surface area contributed by atoms with Crippen LogP contribution < -0.4 is 0 Å². The number of hydrogen-bond acceptors (Lipinski definition) is 5. The molecule has 0 spiro atoms. The van der Waals surface area contributed by atoms with Gasteiger partial charge >= 0.3 is 0 Å². The maximum Gasteiger partial charge on any atom is 0.0647 e. The van der Waals surface area contributed by atoms with Gasteiger partial charge < -0.3 is 23.7 Å². The summed E-state index contributed by atoms with van der Waals surface area (Å²) < 4.78 is 37.4. The first-order chi connectivity index (χ1) is 24.8. The van der Waals surface area contributed by atoms with Gasteiger partial charge in [0.2, 0.25) is 0 Å². The third-order valence-electron chi connectivity index (χ3n) is 15.7. The Morgan fingerprint density at radius 1 is 0.615 bits per heavy atom. The zero-order valence-corrected chi connectivity index (χ0v) is 35.9. The molecule has 0 saturated heterocycles. The van der Waals surface area contributed by atoms with Crippen molar-refractivity contribution in [2.45, 2.75) is 246 Å². The molecule has 0 N–H and O–H groups in total. The molecule has 6 fully saturated rings. The molecule has 6 saturated carbocycles. The van der Waals surface area contributed by atoms with Crippen molar-refractivity contribution < 1.29 is 23.7 Å². The van der Waals surface area contributed by atoms with E-state index in [1.54, 1.807) is 0 Å². The highest BCUT2D eigenvalue weighted by Gasteiger charge is 2.82. The minimum atomic E-state index is -0.184. The minimum absolute atomic E-state index is 0.0207. The van der Waals surface area contributed by atoms with Gasteiger partial charge in [0.25, 0.3) is 0 Å². The van der Waals surface area contributed by atoms with Crippen LogP contribution in [0.2, 0.25) is 0 Å². The zero-order valence-electron chi connectivity index (χ0n) is 35.9. The lowest BCUT2D eigenvalue weighted by molar-refractivity contribution is -0.314. The van der Waals surface area contributed by atoms with Gasteiger partial charge in [-0.05, 0) is 149 Å². The summed E-state index contributed by atoms with van der Waals surface area (Å²) >= 11 is 0. The van der Waals surface area contributed by atoms with Crippen LogP contribution >= 0.6 is 0 Å². The van der Waals surface area contributed by atoms with Gasteiger partial charge in [-0.15, -0.1) is 0 Å². The zero-order chi connectivity index (χ0) is 37.4. The average Bonchev–Trinajstić information content (AvgIpc) is 3.53. The SMILES string of the molecule is CCCCOC1CCCC1(C1CCCC1OC(C)C)C1(C2(C3(C4CC4)CCCC3OC(C)(C)C)CCCC2OC(C)CC)CCCC1OCC(C)C. The lowest BCUT2D eigenvalue weighted by Crippen LogP contribution is -2.73. The average molecular weight is 729 g/mol. The number of ether oxygens (including phenoxy) is 5. The first kappa shape index (κ1) is 41.4. The van der Waals surface area contributed by atoms with E-state index in [1.165, 1.54) is 116 Å². The second-order valence-electron chi connectivity index (χ2n) is 20.6. The molecule has 5 nitrogen and oxygen atoms in total. The summed E-state index contributed by atoms with van der Waals surface area (Å²) in [6.07, 6.45) is 26.2. The smallest absolute Gasteiger partial charge is 0.0647 e. The first-order valence-electron chi connectivity index (χ1n) is 23.0. The van der Waals surface area contributed by atoms with E-state index < -0.39 is 0 Å². The number of unbranched alkanes of at least 4 members (excludes halogenated alkanes) is 1. The van der Waals surface area contributed by atoms with Crippen molar-refractivity contribution in [3.63, 3.8) is 0 Å². The highest BCUT2D eigenvalue weighted by atomic mass is 16.5. The fraction of sp³-hybridized carbons (Fsp3) is 1.00. The van der Waals surface area contributed by atoms with Crippen LogP contribution in [-0.2, 0) is 23.7 Å². The van der Waals surface area contributed by atoms with Crippen LogP contribution in [0.15, 0.2) is 0 Å². The van der Waals surface area contributed by atoms with Crippen LogP contribution in [0, 0.1) is 39.4 Å². The molecule has 0 aromatic carbocycles. The second-order valence-corrected chi connectivity index (χ2v) is 20.6. The van der Waals surface area contributed by atoms with E-state index in [1.807, 2.05) is 0 Å². The Bertz CT molecular complexity index is 1130. The molecule has 11 atom stereocenters. The van der Waals surface area contributed by atoms with E-state index in [0.717, 1.165) is 26.1 Å². The molecule has 52 heavy (non-hydrogen) atoms. The Labute approximate surface area is 321 Å². The van der Waals surface area contributed by atoms with Gasteiger partial charge in [-0.1, -0.05) is 66.2 Å². The summed E-state index contributed by atoms with van der Waals surface area (Å²) in [6.45, 7) is 25.0. The van der Waals surface area contributed by atoms with Crippen molar-refractivity contribution in [2.75, 3.05) is 13.2 Å². The molecule has 6 aliphatic carbocycles. The summed E-state index contributed by atoms with van der Waals surface area (Å²) in [6, 6.07) is 0. The van der Waals surface area contributed by atoms with Crippen LogP contribution in [0.5, 0.6) is 0 Å². The molecule has 0 bridgehead atoms. The van der Waals surface area contributed by atoms with E-state index in [4.69, 9.17) is 23.7 Å². The molecule has 6 aliphatic rings. The Kier molecular flexibility index (Phi) is 13.3. The van der Waals surface area contributed by atoms with Crippen molar-refractivity contribution in [3.8, 4) is 0 Å². The van der Waals surface area contributed by atoms with Gasteiger partial charge in [-0.25, -0.2) is 0 Å². The Hall–Kier alpha value is -0.200. The third kappa shape index (κ3) is 7.15. The molecule has 0 aliphatic heterocycles. The predicted molar refractivity (Wildman–Crippen MR) is 214 cm³/mol. The van der Waals surface area contributed by atoms with Crippen molar-refractivity contribution >= 4 is 0 Å². The van der Waals surface area contributed by atoms with Gasteiger partial charge in [0.1, 0.15) is 0 Å². The quantitative estimate of drug-likeness (QED) is 0.132. The summed E-state index contributed by atoms with van der Waals surface area (Å²) in [7, 11) is 0. The van der Waals surface area contributed by atoms with Crippen LogP contribution in [-0.4, -0.2) is 61.5 Å². The predicted octanol–water partition coefficient (Wildman–Crippen LogP) is 12.3. The summed E-state index contributed by atoms with van der Waals surface area (Å²) in [5.41, 5.74) is -0.243. The summed E-state index contributed by atoms with van der Waals surface area (Å²) in [4.78, 5) is 0. The van der Waals surface area contributed by atoms with Crippen molar-refractivity contribution in [2.24, 2.45) is 39.4 Å². The fourth-order valence-corrected chi connectivity index (χ4v) is 14.4. The van der Waals surface area contributed by atoms with Gasteiger partial charge in [-0.2, -0.15) is 0 Å². The molecule has 11 unspecified atom stereocenters. The number of hydrogen-bond donors (Lipinski definition) is 0. The van der Waals surface area contributed by atoms with E-state index in [-0.39, 0.29) is 70.0 Å². The van der Waals surface area contributed by atoms with E-state index in [0.29, 0.717) is 17.8 Å². The van der Waals surface area contributed by atoms with Crippen molar-refractivity contribution in [1.29, 1.82) is 0 Å². The van der Waals surface area contributed by atoms with Gasteiger partial charge in [0.15, 0.2) is 0 Å². The standard InChI is InChI=1S/C47H84O5/c1-11-13-31-48-39-21-15-28-45(39,37-19-14-20-38(37)50-34(5)6)46(29-17-23-41(46)49-32-33(3)4)47(30-18-24-42(47)51-35(7)12-2)44(36-25-26-36)27-16-22-40(44)52-43(8,9)10/h33-42H,11-32H2,1-10H3. The van der Waals surface area contributed by atoms with Crippen LogP contribution in [0.4, 0.5) is 0 Å². The highest BCUT2D eigenvalue weighted by molar-refractivity contribution is 5.30. The van der Waals surface area contributed by atoms with Crippen LogP contribution in [0.1, 0.15) is 198 Å². The van der Waals surface area contributed by atoms with E-state index in [9.17, 15) is 0 Å². The van der Waals surface area contributed by atoms with Crippen molar-refractivity contribution in [1.82, 2.24) is 0 Å². The minimum Gasteiger partial charge on any atom is -0.378 e. The lowest BCUT2D eigenvalue weighted by atomic mass is 9.35. The molecule has 0 amide bonds. The monoisotopic (exact) mass is 729 g/mol. The van der Waals surface area contributed by atoms with Gasteiger partial charge in [-0.3, -0.25) is 0 Å². The topological polar surface area (TPSA) is 46.2 Å². The molecular formula is C47H84O5. The van der Waals surface area contributed by atoms with Crippen LogP contribution in [0.25, 0.3) is 0 Å². The second kappa shape index (κ2) is 16.7. The largest absolute Gasteiger partial charge is 0.378 e. The third-order valence-corrected chi connectivity index (χ3v) is 15.7. The normalized spacial score (nSPS) is 42.0. The molecule has 302 valence electrons. The maximum atomic E-state index is 7.69. The van der Waals surface area contributed by atoms with Gasteiger partial charge in [0.05, 0.1) is 48.3 Å². The Morgan fingerprint density at radius 3 is 1.85 bits per heavy atom. The molecule has 0 aromatic rings. The lowest BCUT2D eigenvalue weighted by Gasteiger charge is -2.71. The maximum absolute atomic E-state index is 7.69. The first-order valence-corrected chi connectivity index (χ1v) is 23.0. The molecule has 6 rings (SSSR count). The molecule has 0 aromatic heterocycles. The molecule has 5 heteroatoms. The Morgan fingerprint density at radius 2 is 1.23 bits per heavy atom. The summed E-state index contributed by atoms with van der Waals surface area (Å²) in [5, 5.41) is 0. The molecule has 0 heterocycles. The van der Waals surface area contributed by atoms with E-state index in [2.05, 4.69) is 69.2 Å². The number of rotatable bonds is 18. The molecule has 0 radical (unpaired) electrons. The fourth-order valence-electron chi connectivity index (χ4n) is 14.4. The van der Waals surface area contributed by atoms with Gasteiger partial charge in [0, 0.05) is 34.9 Å². The highest BCUT2D eigenvalue weighted by Crippen LogP contribution is 2.83.